The summed E-state index contributed by atoms with van der Waals surface area (Å²) in [6, 6.07) is 8.56. The van der Waals surface area contributed by atoms with E-state index in [1.54, 1.807) is 5.57 Å². The maximum Gasteiger partial charge on any atom is 0.120 e. The van der Waals surface area contributed by atoms with Crippen molar-refractivity contribution >= 4 is 12.4 Å². The minimum absolute atomic E-state index is 0.612. The minimum Gasteiger partial charge on any atom is -0.330 e. The second-order valence-electron chi connectivity index (χ2n) is 5.43. The van der Waals surface area contributed by atoms with Gasteiger partial charge in [0.2, 0.25) is 0 Å². The molecule has 2 N–H and O–H groups in total. The highest BCUT2D eigenvalue weighted by Gasteiger charge is 2.14. The highest BCUT2D eigenvalue weighted by atomic mass is 16.1. The summed E-state index contributed by atoms with van der Waals surface area (Å²) in [5.41, 5.74) is 9.77. The first-order valence-electron chi connectivity index (χ1n) is 7.24. The van der Waals surface area contributed by atoms with Crippen LogP contribution in [0.2, 0.25) is 0 Å². The number of allylic oxidation sites excluding steroid dienone is 1. The molecule has 0 amide bonds. The van der Waals surface area contributed by atoms with Crippen LogP contribution >= 0.6 is 0 Å². The highest BCUT2D eigenvalue weighted by Crippen LogP contribution is 2.28. The molecule has 2 rings (SSSR count). The Morgan fingerprint density at radius 1 is 1.16 bits per heavy atom. The summed E-state index contributed by atoms with van der Waals surface area (Å²) in [6.45, 7) is 0.832. The van der Waals surface area contributed by atoms with Crippen molar-refractivity contribution in [3.8, 4) is 0 Å². The molecule has 102 valence electrons. The maximum atomic E-state index is 10.3. The standard InChI is InChI=1S/C17H23NO/c18-13-17-9-7-16(8-10-17)12-15-5-3-14(4-6-15)2-1-11-19/h3-6,11-12,17H,1-2,7-10,13,18H2. The first-order chi connectivity index (χ1) is 9.31. The zero-order valence-corrected chi connectivity index (χ0v) is 11.5. The lowest BCUT2D eigenvalue weighted by atomic mass is 9.85. The summed E-state index contributed by atoms with van der Waals surface area (Å²) >= 11 is 0. The lowest BCUT2D eigenvalue weighted by Gasteiger charge is -2.22. The molecule has 1 aromatic carbocycles. The van der Waals surface area contributed by atoms with E-state index >= 15 is 0 Å². The normalized spacial score (nSPS) is 19.2. The van der Waals surface area contributed by atoms with Crippen LogP contribution in [0.25, 0.3) is 6.08 Å². The topological polar surface area (TPSA) is 43.1 Å². The van der Waals surface area contributed by atoms with Crippen LogP contribution in [0.15, 0.2) is 29.8 Å². The average Bonchev–Trinajstić information content (AvgIpc) is 2.47. The van der Waals surface area contributed by atoms with Crippen molar-refractivity contribution < 1.29 is 4.79 Å². The third-order valence-electron chi connectivity index (χ3n) is 3.98. The van der Waals surface area contributed by atoms with Crippen LogP contribution in [0.4, 0.5) is 0 Å². The molecule has 1 saturated carbocycles. The zero-order valence-electron chi connectivity index (χ0n) is 11.5. The van der Waals surface area contributed by atoms with Gasteiger partial charge in [0.25, 0.3) is 0 Å². The Bertz CT molecular complexity index is 423. The van der Waals surface area contributed by atoms with Crippen molar-refractivity contribution in [2.45, 2.75) is 38.5 Å². The zero-order chi connectivity index (χ0) is 13.5. The summed E-state index contributed by atoms with van der Waals surface area (Å²) in [5, 5.41) is 0. The quantitative estimate of drug-likeness (QED) is 0.822. The highest BCUT2D eigenvalue weighted by molar-refractivity contribution is 5.54. The fourth-order valence-electron chi connectivity index (χ4n) is 2.67. The Morgan fingerprint density at radius 2 is 1.84 bits per heavy atom. The second kappa shape index (κ2) is 7.25. The van der Waals surface area contributed by atoms with Crippen LogP contribution in [0, 0.1) is 5.92 Å². The summed E-state index contributed by atoms with van der Waals surface area (Å²) in [6.07, 6.45) is 9.60. The number of hydrogen-bond acceptors (Lipinski definition) is 2. The Hall–Kier alpha value is -1.41. The number of rotatable bonds is 5. The summed E-state index contributed by atoms with van der Waals surface area (Å²) in [7, 11) is 0. The van der Waals surface area contributed by atoms with Gasteiger partial charge in [-0.25, -0.2) is 0 Å². The van der Waals surface area contributed by atoms with Crippen molar-refractivity contribution in [3.05, 3.63) is 41.0 Å². The summed E-state index contributed by atoms with van der Waals surface area (Å²) in [5.74, 6) is 0.725. The van der Waals surface area contributed by atoms with E-state index in [2.05, 4.69) is 30.3 Å². The Morgan fingerprint density at radius 3 is 2.42 bits per heavy atom. The summed E-state index contributed by atoms with van der Waals surface area (Å²) < 4.78 is 0. The molecule has 1 fully saturated rings. The SMILES string of the molecule is NCC1CCC(=Cc2ccc(CCC=O)cc2)CC1. The van der Waals surface area contributed by atoms with Gasteiger partial charge in [0.1, 0.15) is 6.29 Å². The van der Waals surface area contributed by atoms with E-state index in [9.17, 15) is 4.79 Å². The number of aldehydes is 1. The van der Waals surface area contributed by atoms with E-state index in [1.165, 1.54) is 36.8 Å². The first-order valence-corrected chi connectivity index (χ1v) is 7.24. The van der Waals surface area contributed by atoms with Gasteiger partial charge in [0.15, 0.2) is 0 Å². The molecule has 1 aliphatic carbocycles. The Balaban J connectivity index is 1.93. The van der Waals surface area contributed by atoms with Gasteiger partial charge < -0.3 is 10.5 Å². The first kappa shape index (κ1) is 14.0. The van der Waals surface area contributed by atoms with E-state index in [1.807, 2.05) is 0 Å². The molecular weight excluding hydrogens is 234 g/mol. The van der Waals surface area contributed by atoms with Crippen molar-refractivity contribution in [2.75, 3.05) is 6.54 Å². The molecule has 0 heterocycles. The van der Waals surface area contributed by atoms with Gasteiger partial charge in [0.05, 0.1) is 0 Å². The van der Waals surface area contributed by atoms with Gasteiger partial charge in [-0.3, -0.25) is 0 Å². The molecule has 0 spiro atoms. The molecule has 0 aromatic heterocycles. The third kappa shape index (κ3) is 4.32. The Labute approximate surface area is 115 Å². The van der Waals surface area contributed by atoms with Gasteiger partial charge in [-0.15, -0.1) is 0 Å². The molecule has 0 radical (unpaired) electrons. The molecule has 0 bridgehead atoms. The lowest BCUT2D eigenvalue weighted by molar-refractivity contribution is -0.107. The van der Waals surface area contributed by atoms with E-state index in [0.717, 1.165) is 25.2 Å². The largest absolute Gasteiger partial charge is 0.330 e. The molecule has 1 aliphatic rings. The van der Waals surface area contributed by atoms with E-state index in [-0.39, 0.29) is 0 Å². The number of carbonyl (C=O) groups excluding carboxylic acids is 1. The van der Waals surface area contributed by atoms with Crippen LogP contribution < -0.4 is 5.73 Å². The molecule has 0 atom stereocenters. The van der Waals surface area contributed by atoms with Crippen molar-refractivity contribution in [3.63, 3.8) is 0 Å². The fourth-order valence-corrected chi connectivity index (χ4v) is 2.67. The number of hydrogen-bond donors (Lipinski definition) is 1. The summed E-state index contributed by atoms with van der Waals surface area (Å²) in [4.78, 5) is 10.3. The van der Waals surface area contributed by atoms with Gasteiger partial charge in [-0.2, -0.15) is 0 Å². The van der Waals surface area contributed by atoms with Crippen molar-refractivity contribution in [1.29, 1.82) is 0 Å². The molecule has 0 aliphatic heterocycles. The number of carbonyl (C=O) groups is 1. The molecule has 1 aromatic rings. The average molecular weight is 257 g/mol. The fraction of sp³-hybridized carbons (Fsp3) is 0.471. The van der Waals surface area contributed by atoms with Crippen LogP contribution in [-0.2, 0) is 11.2 Å². The molecule has 2 nitrogen and oxygen atoms in total. The van der Waals surface area contributed by atoms with Crippen molar-refractivity contribution in [2.24, 2.45) is 11.7 Å². The second-order valence-corrected chi connectivity index (χ2v) is 5.43. The monoisotopic (exact) mass is 257 g/mol. The third-order valence-corrected chi connectivity index (χ3v) is 3.98. The number of aryl methyl sites for hydroxylation is 1. The molecule has 0 unspecified atom stereocenters. The van der Waals surface area contributed by atoms with Crippen LogP contribution in [0.5, 0.6) is 0 Å². The van der Waals surface area contributed by atoms with E-state index in [0.29, 0.717) is 6.42 Å². The van der Waals surface area contributed by atoms with Crippen LogP contribution in [0.1, 0.15) is 43.2 Å². The van der Waals surface area contributed by atoms with Crippen LogP contribution in [0.3, 0.4) is 0 Å². The Kier molecular flexibility index (Phi) is 5.34. The number of benzene rings is 1. The van der Waals surface area contributed by atoms with Gasteiger partial charge >= 0.3 is 0 Å². The van der Waals surface area contributed by atoms with E-state index < -0.39 is 0 Å². The smallest absolute Gasteiger partial charge is 0.120 e. The minimum atomic E-state index is 0.612. The molecule has 0 saturated heterocycles. The van der Waals surface area contributed by atoms with Crippen molar-refractivity contribution in [1.82, 2.24) is 0 Å². The molecule has 2 heteroatoms. The maximum absolute atomic E-state index is 10.3. The number of nitrogens with two attached hydrogens (primary N) is 1. The van der Waals surface area contributed by atoms with Crippen LogP contribution in [-0.4, -0.2) is 12.8 Å². The van der Waals surface area contributed by atoms with Gasteiger partial charge in [-0.1, -0.05) is 35.9 Å². The molecular formula is C17H23NO. The van der Waals surface area contributed by atoms with E-state index in [4.69, 9.17) is 5.73 Å². The molecule has 19 heavy (non-hydrogen) atoms. The van der Waals surface area contributed by atoms with Gasteiger partial charge in [-0.05, 0) is 55.7 Å². The predicted molar refractivity (Wildman–Crippen MR) is 79.8 cm³/mol. The lowest BCUT2D eigenvalue weighted by Crippen LogP contribution is -2.17. The predicted octanol–water partition coefficient (Wildman–Crippen LogP) is 3.35. The van der Waals surface area contributed by atoms with Gasteiger partial charge in [0, 0.05) is 6.42 Å².